The van der Waals surface area contributed by atoms with E-state index < -0.39 is 0 Å². The SMILES string of the molecule is CCCCCC[C@@H](O)C/C=C\CCCCCCCC(=O)Cl. The Balaban J connectivity index is 3.26. The van der Waals surface area contributed by atoms with Gasteiger partial charge in [0.15, 0.2) is 0 Å². The van der Waals surface area contributed by atoms with Crippen molar-refractivity contribution in [3.8, 4) is 0 Å². The quantitative estimate of drug-likeness (QED) is 0.237. The van der Waals surface area contributed by atoms with Crippen molar-refractivity contribution in [3.63, 3.8) is 0 Å². The molecule has 0 aromatic rings. The molecule has 0 heterocycles. The Morgan fingerprint density at radius 2 is 1.67 bits per heavy atom. The first-order valence-electron chi connectivity index (χ1n) is 8.68. The maximum Gasteiger partial charge on any atom is 0.221 e. The van der Waals surface area contributed by atoms with Gasteiger partial charge >= 0.3 is 0 Å². The summed E-state index contributed by atoms with van der Waals surface area (Å²) >= 11 is 5.28. The summed E-state index contributed by atoms with van der Waals surface area (Å²) in [6, 6.07) is 0. The van der Waals surface area contributed by atoms with Gasteiger partial charge in [-0.2, -0.15) is 0 Å². The first kappa shape index (κ1) is 20.7. The summed E-state index contributed by atoms with van der Waals surface area (Å²) in [5.41, 5.74) is 0. The third-order valence-electron chi connectivity index (χ3n) is 3.71. The molecule has 3 heteroatoms. The molecule has 0 bridgehead atoms. The minimum atomic E-state index is -0.216. The number of hydrogen-bond donors (Lipinski definition) is 1. The first-order chi connectivity index (χ1) is 10.2. The number of rotatable bonds is 15. The van der Waals surface area contributed by atoms with Gasteiger partial charge in [-0.3, -0.25) is 4.79 Å². The Morgan fingerprint density at radius 1 is 1.00 bits per heavy atom. The molecule has 0 spiro atoms. The van der Waals surface area contributed by atoms with Crippen LogP contribution in [-0.2, 0) is 4.79 Å². The van der Waals surface area contributed by atoms with Crippen LogP contribution in [0.5, 0.6) is 0 Å². The Kier molecular flexibility index (Phi) is 15.8. The van der Waals surface area contributed by atoms with Crippen LogP contribution < -0.4 is 0 Å². The predicted molar refractivity (Wildman–Crippen MR) is 91.7 cm³/mol. The van der Waals surface area contributed by atoms with Gasteiger partial charge in [-0.15, -0.1) is 0 Å². The van der Waals surface area contributed by atoms with Crippen LogP contribution in [0.25, 0.3) is 0 Å². The lowest BCUT2D eigenvalue weighted by molar-refractivity contribution is -0.111. The van der Waals surface area contributed by atoms with Gasteiger partial charge in [0.05, 0.1) is 6.10 Å². The van der Waals surface area contributed by atoms with E-state index in [4.69, 9.17) is 11.6 Å². The van der Waals surface area contributed by atoms with Crippen molar-refractivity contribution in [1.29, 1.82) is 0 Å². The molecule has 0 radical (unpaired) electrons. The van der Waals surface area contributed by atoms with E-state index in [1.807, 2.05) is 0 Å². The monoisotopic (exact) mass is 316 g/mol. The summed E-state index contributed by atoms with van der Waals surface area (Å²) in [5.74, 6) is 0. The number of carbonyl (C=O) groups is 1. The van der Waals surface area contributed by atoms with E-state index in [-0.39, 0.29) is 11.3 Å². The van der Waals surface area contributed by atoms with E-state index in [2.05, 4.69) is 19.1 Å². The molecule has 21 heavy (non-hydrogen) atoms. The number of unbranched alkanes of at least 4 members (excludes halogenated alkanes) is 8. The van der Waals surface area contributed by atoms with Gasteiger partial charge in [-0.25, -0.2) is 0 Å². The lowest BCUT2D eigenvalue weighted by atomic mass is 10.1. The van der Waals surface area contributed by atoms with E-state index in [1.54, 1.807) is 0 Å². The zero-order valence-electron chi connectivity index (χ0n) is 13.7. The summed E-state index contributed by atoms with van der Waals surface area (Å²) in [5, 5.41) is 9.59. The molecule has 1 N–H and O–H groups in total. The molecule has 124 valence electrons. The maximum atomic E-state index is 10.5. The molecule has 0 unspecified atom stereocenters. The van der Waals surface area contributed by atoms with Crippen molar-refractivity contribution in [2.24, 2.45) is 0 Å². The Labute approximate surface area is 136 Å². The van der Waals surface area contributed by atoms with Crippen LogP contribution in [0.3, 0.4) is 0 Å². The van der Waals surface area contributed by atoms with Crippen LogP contribution in [-0.4, -0.2) is 16.5 Å². The Hall–Kier alpha value is -0.340. The fourth-order valence-electron chi connectivity index (χ4n) is 2.35. The maximum absolute atomic E-state index is 10.5. The van der Waals surface area contributed by atoms with Crippen molar-refractivity contribution in [3.05, 3.63) is 12.2 Å². The van der Waals surface area contributed by atoms with Crippen molar-refractivity contribution >= 4 is 16.8 Å². The van der Waals surface area contributed by atoms with E-state index in [0.29, 0.717) is 6.42 Å². The summed E-state index contributed by atoms with van der Waals surface area (Å²) in [6.45, 7) is 2.20. The first-order valence-corrected chi connectivity index (χ1v) is 9.06. The summed E-state index contributed by atoms with van der Waals surface area (Å²) in [6.07, 6.45) is 18.0. The van der Waals surface area contributed by atoms with Gasteiger partial charge in [-0.1, -0.05) is 64.0 Å². The summed E-state index contributed by atoms with van der Waals surface area (Å²) < 4.78 is 0. The molecule has 0 aliphatic rings. The third kappa shape index (κ3) is 17.6. The topological polar surface area (TPSA) is 37.3 Å². The number of allylic oxidation sites excluding steroid dienone is 1. The highest BCUT2D eigenvalue weighted by atomic mass is 35.5. The molecule has 0 aliphatic carbocycles. The average Bonchev–Trinajstić information content (AvgIpc) is 2.45. The molecule has 0 saturated heterocycles. The second-order valence-electron chi connectivity index (χ2n) is 5.87. The van der Waals surface area contributed by atoms with Gasteiger partial charge in [0.1, 0.15) is 0 Å². The van der Waals surface area contributed by atoms with E-state index in [0.717, 1.165) is 38.5 Å². The number of hydrogen-bond acceptors (Lipinski definition) is 2. The minimum absolute atomic E-state index is 0.161. The fraction of sp³-hybridized carbons (Fsp3) is 0.833. The summed E-state index contributed by atoms with van der Waals surface area (Å²) in [7, 11) is 0. The second-order valence-corrected chi connectivity index (χ2v) is 6.29. The molecule has 0 rings (SSSR count). The largest absolute Gasteiger partial charge is 0.393 e. The number of aliphatic hydroxyl groups excluding tert-OH is 1. The molecule has 0 fully saturated rings. The van der Waals surface area contributed by atoms with Gasteiger partial charge < -0.3 is 5.11 Å². The van der Waals surface area contributed by atoms with Crippen LogP contribution in [0, 0.1) is 0 Å². The fourth-order valence-corrected chi connectivity index (χ4v) is 2.49. The molecule has 1 atom stereocenters. The molecular weight excluding hydrogens is 284 g/mol. The Morgan fingerprint density at radius 3 is 2.38 bits per heavy atom. The average molecular weight is 317 g/mol. The van der Waals surface area contributed by atoms with E-state index in [1.165, 1.54) is 38.5 Å². The molecule has 0 aromatic carbocycles. The van der Waals surface area contributed by atoms with Crippen LogP contribution in [0.15, 0.2) is 12.2 Å². The number of carbonyl (C=O) groups excluding carboxylic acids is 1. The van der Waals surface area contributed by atoms with Gasteiger partial charge in [0, 0.05) is 6.42 Å². The zero-order valence-corrected chi connectivity index (χ0v) is 14.4. The Bertz CT molecular complexity index is 264. The van der Waals surface area contributed by atoms with Crippen molar-refractivity contribution in [1.82, 2.24) is 0 Å². The number of aliphatic hydroxyl groups is 1. The lowest BCUT2D eigenvalue weighted by Crippen LogP contribution is -2.04. The van der Waals surface area contributed by atoms with Crippen LogP contribution in [0.1, 0.15) is 90.4 Å². The van der Waals surface area contributed by atoms with Crippen LogP contribution in [0.2, 0.25) is 0 Å². The van der Waals surface area contributed by atoms with Gasteiger partial charge in [0.25, 0.3) is 0 Å². The highest BCUT2D eigenvalue weighted by molar-refractivity contribution is 6.63. The summed E-state index contributed by atoms with van der Waals surface area (Å²) in [4.78, 5) is 10.5. The molecular formula is C18H33ClO2. The minimum Gasteiger partial charge on any atom is -0.393 e. The third-order valence-corrected chi connectivity index (χ3v) is 3.90. The normalized spacial score (nSPS) is 12.9. The van der Waals surface area contributed by atoms with Crippen molar-refractivity contribution in [2.75, 3.05) is 0 Å². The number of halogens is 1. The smallest absolute Gasteiger partial charge is 0.221 e. The standard InChI is InChI=1S/C18H33ClO2/c1-2-3-4-11-14-17(20)15-12-9-7-5-6-8-10-13-16-18(19)21/h9,12,17,20H,2-8,10-11,13-16H2,1H3/b12-9-/t17-/m1/s1. The van der Waals surface area contributed by atoms with Gasteiger partial charge in [-0.05, 0) is 43.7 Å². The highest BCUT2D eigenvalue weighted by Gasteiger charge is 2.00. The van der Waals surface area contributed by atoms with E-state index >= 15 is 0 Å². The van der Waals surface area contributed by atoms with Gasteiger partial charge in [0.2, 0.25) is 5.24 Å². The van der Waals surface area contributed by atoms with Crippen molar-refractivity contribution < 1.29 is 9.90 Å². The van der Waals surface area contributed by atoms with Crippen LogP contribution in [0.4, 0.5) is 0 Å². The lowest BCUT2D eigenvalue weighted by Gasteiger charge is -2.07. The van der Waals surface area contributed by atoms with E-state index in [9.17, 15) is 9.90 Å². The molecule has 2 nitrogen and oxygen atoms in total. The second kappa shape index (κ2) is 16.0. The van der Waals surface area contributed by atoms with Crippen molar-refractivity contribution in [2.45, 2.75) is 96.5 Å². The molecule has 0 aromatic heterocycles. The molecule has 0 amide bonds. The van der Waals surface area contributed by atoms with Crippen LogP contribution >= 0.6 is 11.6 Å². The zero-order chi connectivity index (χ0) is 15.8. The highest BCUT2D eigenvalue weighted by Crippen LogP contribution is 2.10. The molecule has 0 saturated carbocycles. The predicted octanol–water partition coefficient (Wildman–Crippen LogP) is 5.76. The molecule has 0 aliphatic heterocycles.